The molecule has 0 aromatic heterocycles. The van der Waals surface area contributed by atoms with Crippen LogP contribution in [-0.2, 0) is 10.0 Å². The lowest BCUT2D eigenvalue weighted by atomic mass is 10.1. The quantitative estimate of drug-likeness (QED) is 0.797. The first-order valence-corrected chi connectivity index (χ1v) is 8.43. The topological polar surface area (TPSA) is 66.4 Å². The molecule has 2 unspecified atom stereocenters. The van der Waals surface area contributed by atoms with Crippen LogP contribution >= 0.6 is 31.9 Å². The van der Waals surface area contributed by atoms with Gasteiger partial charge < -0.3 is 5.11 Å². The van der Waals surface area contributed by atoms with Crippen LogP contribution in [-0.4, -0.2) is 26.2 Å². The molecule has 1 rings (SSSR count). The van der Waals surface area contributed by atoms with E-state index in [9.17, 15) is 8.42 Å². The second-order valence-corrected chi connectivity index (χ2v) is 7.60. The molecule has 102 valence electrons. The number of aliphatic hydroxyl groups excluding tert-OH is 1. The second-order valence-electron chi connectivity index (χ2n) is 4.14. The molecule has 4 nitrogen and oxygen atoms in total. The summed E-state index contributed by atoms with van der Waals surface area (Å²) in [6, 6.07) is 4.52. The Morgan fingerprint density at radius 3 is 2.44 bits per heavy atom. The number of hydrogen-bond acceptors (Lipinski definition) is 3. The zero-order chi connectivity index (χ0) is 13.9. The van der Waals surface area contributed by atoms with E-state index < -0.39 is 10.0 Å². The van der Waals surface area contributed by atoms with E-state index in [2.05, 4.69) is 36.6 Å². The Balaban J connectivity index is 3.00. The van der Waals surface area contributed by atoms with Crippen molar-refractivity contribution in [1.82, 2.24) is 4.72 Å². The summed E-state index contributed by atoms with van der Waals surface area (Å²) in [6.07, 6.45) is 0. The van der Waals surface area contributed by atoms with Crippen LogP contribution in [0.3, 0.4) is 0 Å². The SMILES string of the molecule is CC(CO)C(C)NS(=O)(=O)c1ccc(Br)cc1Br. The summed E-state index contributed by atoms with van der Waals surface area (Å²) in [7, 11) is -3.59. The smallest absolute Gasteiger partial charge is 0.241 e. The first kappa shape index (κ1) is 16.1. The van der Waals surface area contributed by atoms with E-state index in [0.717, 1.165) is 4.47 Å². The van der Waals surface area contributed by atoms with Crippen LogP contribution in [0.5, 0.6) is 0 Å². The number of aliphatic hydroxyl groups is 1. The van der Waals surface area contributed by atoms with Crippen LogP contribution in [0, 0.1) is 5.92 Å². The highest BCUT2D eigenvalue weighted by Gasteiger charge is 2.22. The van der Waals surface area contributed by atoms with Crippen LogP contribution in [0.15, 0.2) is 32.0 Å². The molecule has 0 saturated carbocycles. The van der Waals surface area contributed by atoms with Gasteiger partial charge in [-0.1, -0.05) is 22.9 Å². The van der Waals surface area contributed by atoms with E-state index in [1.165, 1.54) is 6.07 Å². The number of hydrogen-bond donors (Lipinski definition) is 2. The fourth-order valence-electron chi connectivity index (χ4n) is 1.28. The van der Waals surface area contributed by atoms with Gasteiger partial charge in [-0.25, -0.2) is 13.1 Å². The highest BCUT2D eigenvalue weighted by atomic mass is 79.9. The van der Waals surface area contributed by atoms with E-state index in [-0.39, 0.29) is 23.5 Å². The Labute approximate surface area is 124 Å². The number of benzene rings is 1. The zero-order valence-electron chi connectivity index (χ0n) is 10.0. The lowest BCUT2D eigenvalue weighted by Crippen LogP contribution is -2.38. The van der Waals surface area contributed by atoms with Gasteiger partial charge >= 0.3 is 0 Å². The Morgan fingerprint density at radius 2 is 1.94 bits per heavy atom. The largest absolute Gasteiger partial charge is 0.396 e. The Morgan fingerprint density at radius 1 is 1.33 bits per heavy atom. The minimum atomic E-state index is -3.59. The molecule has 0 aliphatic carbocycles. The maximum atomic E-state index is 12.2. The van der Waals surface area contributed by atoms with E-state index in [0.29, 0.717) is 4.47 Å². The van der Waals surface area contributed by atoms with Crippen LogP contribution in [0.1, 0.15) is 13.8 Å². The van der Waals surface area contributed by atoms with Crippen LogP contribution in [0.4, 0.5) is 0 Å². The molecule has 7 heteroatoms. The highest BCUT2D eigenvalue weighted by Crippen LogP contribution is 2.26. The van der Waals surface area contributed by atoms with Gasteiger partial charge in [0.1, 0.15) is 0 Å². The molecule has 1 aromatic rings. The van der Waals surface area contributed by atoms with Gasteiger partial charge in [0.15, 0.2) is 0 Å². The Kier molecular flexibility index (Phi) is 5.79. The number of nitrogens with one attached hydrogen (secondary N) is 1. The minimum Gasteiger partial charge on any atom is -0.396 e. The fourth-order valence-corrected chi connectivity index (χ4v) is 4.37. The maximum Gasteiger partial charge on any atom is 0.241 e. The molecule has 1 aromatic carbocycles. The summed E-state index contributed by atoms with van der Waals surface area (Å²) >= 11 is 6.50. The molecule has 0 amide bonds. The third-order valence-corrected chi connectivity index (χ3v) is 5.69. The van der Waals surface area contributed by atoms with Gasteiger partial charge in [-0.05, 0) is 47.0 Å². The van der Waals surface area contributed by atoms with Crippen LogP contribution < -0.4 is 4.72 Å². The molecule has 0 heterocycles. The first-order valence-electron chi connectivity index (χ1n) is 5.36. The van der Waals surface area contributed by atoms with Crippen molar-refractivity contribution in [3.8, 4) is 0 Å². The van der Waals surface area contributed by atoms with E-state index in [4.69, 9.17) is 5.11 Å². The molecule has 0 spiro atoms. The summed E-state index contributed by atoms with van der Waals surface area (Å²) in [5, 5.41) is 9.01. The molecule has 0 aliphatic heterocycles. The normalized spacial score (nSPS) is 15.4. The molecular weight excluding hydrogens is 386 g/mol. The van der Waals surface area contributed by atoms with Crippen molar-refractivity contribution in [1.29, 1.82) is 0 Å². The average Bonchev–Trinajstić information content (AvgIpc) is 2.26. The molecule has 2 N–H and O–H groups in total. The van der Waals surface area contributed by atoms with Gasteiger partial charge in [0.05, 0.1) is 4.90 Å². The van der Waals surface area contributed by atoms with Crippen molar-refractivity contribution in [3.05, 3.63) is 27.1 Å². The molecule has 18 heavy (non-hydrogen) atoms. The highest BCUT2D eigenvalue weighted by molar-refractivity contribution is 9.11. The van der Waals surface area contributed by atoms with Crippen LogP contribution in [0.25, 0.3) is 0 Å². The van der Waals surface area contributed by atoms with Crippen molar-refractivity contribution in [2.24, 2.45) is 5.92 Å². The minimum absolute atomic E-state index is 0.0643. The van der Waals surface area contributed by atoms with Crippen molar-refractivity contribution in [2.75, 3.05) is 6.61 Å². The summed E-state index contributed by atoms with van der Waals surface area (Å²) in [6.45, 7) is 3.44. The van der Waals surface area contributed by atoms with Crippen LogP contribution in [0.2, 0.25) is 0 Å². The van der Waals surface area contributed by atoms with Gasteiger partial charge in [0, 0.05) is 21.6 Å². The first-order chi connectivity index (χ1) is 8.27. The molecule has 0 aliphatic rings. The van der Waals surface area contributed by atoms with Crippen molar-refractivity contribution in [2.45, 2.75) is 24.8 Å². The standard InChI is InChI=1S/C11H15Br2NO3S/c1-7(6-15)8(2)14-18(16,17)11-4-3-9(12)5-10(11)13/h3-5,7-8,14-15H,6H2,1-2H3. The molecule has 0 saturated heterocycles. The van der Waals surface area contributed by atoms with Crippen molar-refractivity contribution >= 4 is 41.9 Å². The summed E-state index contributed by atoms with van der Waals surface area (Å²) in [4.78, 5) is 0.183. The average molecular weight is 401 g/mol. The predicted molar refractivity (Wildman–Crippen MR) is 77.9 cm³/mol. The molecule has 0 bridgehead atoms. The summed E-state index contributed by atoms with van der Waals surface area (Å²) in [5.74, 6) is -0.144. The molecule has 0 radical (unpaired) electrons. The van der Waals surface area contributed by atoms with Gasteiger partial charge in [-0.15, -0.1) is 0 Å². The third kappa shape index (κ3) is 4.03. The van der Waals surface area contributed by atoms with Crippen molar-refractivity contribution in [3.63, 3.8) is 0 Å². The third-order valence-electron chi connectivity index (χ3n) is 2.67. The Hall–Kier alpha value is 0.0500. The van der Waals surface area contributed by atoms with E-state index in [1.54, 1.807) is 26.0 Å². The van der Waals surface area contributed by atoms with Crippen molar-refractivity contribution < 1.29 is 13.5 Å². The van der Waals surface area contributed by atoms with E-state index >= 15 is 0 Å². The summed E-state index contributed by atoms with van der Waals surface area (Å²) in [5.41, 5.74) is 0. The molecular formula is C11H15Br2NO3S. The maximum absolute atomic E-state index is 12.2. The molecule has 2 atom stereocenters. The second kappa shape index (κ2) is 6.47. The zero-order valence-corrected chi connectivity index (χ0v) is 14.0. The monoisotopic (exact) mass is 399 g/mol. The van der Waals surface area contributed by atoms with Gasteiger partial charge in [-0.2, -0.15) is 0 Å². The predicted octanol–water partition coefficient (Wildman–Crippen LogP) is 2.51. The lowest BCUT2D eigenvalue weighted by Gasteiger charge is -2.19. The van der Waals surface area contributed by atoms with E-state index in [1.807, 2.05) is 0 Å². The fraction of sp³-hybridized carbons (Fsp3) is 0.455. The number of sulfonamides is 1. The van der Waals surface area contributed by atoms with Gasteiger partial charge in [0.25, 0.3) is 0 Å². The Bertz CT molecular complexity index is 519. The number of rotatable bonds is 5. The summed E-state index contributed by atoms with van der Waals surface area (Å²) < 4.78 is 28.2. The molecule has 0 fully saturated rings. The number of halogens is 2. The van der Waals surface area contributed by atoms with Gasteiger partial charge in [0.2, 0.25) is 10.0 Å². The van der Waals surface area contributed by atoms with Gasteiger partial charge in [-0.3, -0.25) is 0 Å². The lowest BCUT2D eigenvalue weighted by molar-refractivity contribution is 0.216.